The minimum Gasteiger partial charge on any atom is -0.490 e. The summed E-state index contributed by atoms with van der Waals surface area (Å²) in [7, 11) is 2.19. The maximum atomic E-state index is 14.8. The van der Waals surface area contributed by atoms with Crippen LogP contribution < -0.4 is 14.8 Å². The van der Waals surface area contributed by atoms with Crippen molar-refractivity contribution in [1.29, 1.82) is 0 Å². The maximum absolute atomic E-state index is 14.8. The van der Waals surface area contributed by atoms with Crippen LogP contribution in [0.15, 0.2) is 30.6 Å². The van der Waals surface area contributed by atoms with E-state index in [2.05, 4.69) is 27.2 Å². The summed E-state index contributed by atoms with van der Waals surface area (Å²) in [6.07, 6.45) is 6.16. The molecule has 198 valence electrons. The van der Waals surface area contributed by atoms with Crippen molar-refractivity contribution in [2.45, 2.75) is 69.7 Å². The van der Waals surface area contributed by atoms with Crippen LogP contribution in [-0.2, 0) is 0 Å². The number of fused-ring (bicyclic) bond motifs is 3. The number of piperidine rings is 1. The van der Waals surface area contributed by atoms with Crippen LogP contribution in [0.3, 0.4) is 0 Å². The molecule has 2 atom stereocenters. The largest absolute Gasteiger partial charge is 0.490 e. The summed E-state index contributed by atoms with van der Waals surface area (Å²) >= 11 is 11.9. The van der Waals surface area contributed by atoms with Crippen molar-refractivity contribution in [3.63, 3.8) is 0 Å². The van der Waals surface area contributed by atoms with Gasteiger partial charge in [0.2, 0.25) is 0 Å². The summed E-state index contributed by atoms with van der Waals surface area (Å²) in [6.45, 7) is 3.81. The molecule has 2 bridgehead atoms. The smallest absolute Gasteiger partial charge is 0.166 e. The highest BCUT2D eigenvalue weighted by atomic mass is 35.5. The quantitative estimate of drug-likeness (QED) is 0.317. The Balaban J connectivity index is 1.48. The second kappa shape index (κ2) is 10.4. The van der Waals surface area contributed by atoms with Crippen LogP contribution in [0.5, 0.6) is 11.5 Å². The predicted molar refractivity (Wildman–Crippen MR) is 144 cm³/mol. The number of hydrogen-bond donors (Lipinski definition) is 2. The van der Waals surface area contributed by atoms with Crippen molar-refractivity contribution in [2.24, 2.45) is 0 Å². The fraction of sp³-hybridized carbons (Fsp3) is 0.481. The van der Waals surface area contributed by atoms with Gasteiger partial charge in [-0.1, -0.05) is 23.2 Å². The molecule has 2 aromatic carbocycles. The van der Waals surface area contributed by atoms with E-state index in [9.17, 15) is 9.50 Å². The highest BCUT2D eigenvalue weighted by Gasteiger charge is 2.39. The van der Waals surface area contributed by atoms with Gasteiger partial charge in [0.15, 0.2) is 17.3 Å². The van der Waals surface area contributed by atoms with Gasteiger partial charge in [-0.15, -0.1) is 0 Å². The van der Waals surface area contributed by atoms with E-state index >= 15 is 0 Å². The van der Waals surface area contributed by atoms with Crippen LogP contribution in [0.25, 0.3) is 10.9 Å². The number of nitrogens with zero attached hydrogens (tertiary/aromatic N) is 3. The number of hydrogen-bond acceptors (Lipinski definition) is 7. The lowest BCUT2D eigenvalue weighted by Crippen LogP contribution is -2.43. The van der Waals surface area contributed by atoms with E-state index in [0.717, 1.165) is 12.8 Å². The first kappa shape index (κ1) is 26.2. The van der Waals surface area contributed by atoms with E-state index in [1.54, 1.807) is 19.9 Å². The van der Waals surface area contributed by atoms with E-state index < -0.39 is 11.4 Å². The number of aromatic nitrogens is 2. The van der Waals surface area contributed by atoms with Gasteiger partial charge in [-0.3, -0.25) is 0 Å². The molecule has 2 saturated heterocycles. The molecule has 0 spiro atoms. The number of ether oxygens (including phenoxy) is 2. The van der Waals surface area contributed by atoms with Gasteiger partial charge in [0.1, 0.15) is 18.2 Å². The standard InChI is InChI=1S/C27H31Cl2FN4O3/c1-27(2,35)8-9-36-22-13-21-18(12-23(22)37-17-10-15-4-5-16(11-17)34(15)3)26(32-14-31-21)33-20-7-6-19(28)24(29)25(20)30/h6-7,12-17,35H,4-5,8-11H2,1-3H3,(H,31,32,33). The molecule has 1 aromatic heterocycles. The Labute approximate surface area is 225 Å². The fourth-order valence-corrected chi connectivity index (χ4v) is 5.48. The molecule has 5 rings (SSSR count). The molecule has 2 unspecified atom stereocenters. The average molecular weight is 549 g/mol. The first-order valence-electron chi connectivity index (χ1n) is 12.5. The number of benzene rings is 2. The van der Waals surface area contributed by atoms with Crippen molar-refractivity contribution in [1.82, 2.24) is 14.9 Å². The Kier molecular flexibility index (Phi) is 7.38. The third kappa shape index (κ3) is 5.72. The molecule has 0 saturated carbocycles. The lowest BCUT2D eigenvalue weighted by molar-refractivity contribution is 0.0506. The molecule has 2 aliphatic rings. The topological polar surface area (TPSA) is 79.7 Å². The normalized spacial score (nSPS) is 21.9. The van der Waals surface area contributed by atoms with Crippen LogP contribution in [-0.4, -0.2) is 57.4 Å². The summed E-state index contributed by atoms with van der Waals surface area (Å²) in [6, 6.07) is 7.71. The minimum absolute atomic E-state index is 0.0522. The molecule has 37 heavy (non-hydrogen) atoms. The number of aliphatic hydroxyl groups is 1. The molecule has 7 nitrogen and oxygen atoms in total. The Morgan fingerprint density at radius 3 is 2.57 bits per heavy atom. The zero-order valence-electron chi connectivity index (χ0n) is 21.1. The summed E-state index contributed by atoms with van der Waals surface area (Å²) in [5.41, 5.74) is -0.102. The maximum Gasteiger partial charge on any atom is 0.166 e. The van der Waals surface area contributed by atoms with Gasteiger partial charge in [-0.2, -0.15) is 0 Å². The van der Waals surface area contributed by atoms with Crippen molar-refractivity contribution in [2.75, 3.05) is 19.0 Å². The lowest BCUT2D eigenvalue weighted by atomic mass is 10.0. The molecule has 0 aliphatic carbocycles. The zero-order chi connectivity index (χ0) is 26.3. The van der Waals surface area contributed by atoms with Gasteiger partial charge < -0.3 is 24.8 Å². The second-order valence-corrected chi connectivity index (χ2v) is 11.3. The highest BCUT2D eigenvalue weighted by Crippen LogP contribution is 2.41. The van der Waals surface area contributed by atoms with Gasteiger partial charge in [0.25, 0.3) is 0 Å². The van der Waals surface area contributed by atoms with Gasteiger partial charge in [-0.25, -0.2) is 14.4 Å². The number of nitrogens with one attached hydrogen (secondary N) is 1. The highest BCUT2D eigenvalue weighted by molar-refractivity contribution is 6.42. The first-order chi connectivity index (χ1) is 17.6. The van der Waals surface area contributed by atoms with Crippen LogP contribution in [0.4, 0.5) is 15.9 Å². The fourth-order valence-electron chi connectivity index (χ4n) is 5.17. The van der Waals surface area contributed by atoms with Crippen LogP contribution in [0.2, 0.25) is 10.0 Å². The average Bonchev–Trinajstić information content (AvgIpc) is 3.04. The molecule has 2 aliphatic heterocycles. The van der Waals surface area contributed by atoms with E-state index in [1.165, 1.54) is 31.3 Å². The van der Waals surface area contributed by atoms with E-state index in [0.29, 0.717) is 53.3 Å². The van der Waals surface area contributed by atoms with E-state index in [-0.39, 0.29) is 21.8 Å². The Hall–Kier alpha value is -2.39. The number of halogens is 3. The molecule has 2 N–H and O–H groups in total. The summed E-state index contributed by atoms with van der Waals surface area (Å²) in [5, 5.41) is 13.8. The van der Waals surface area contributed by atoms with Crippen LogP contribution >= 0.6 is 23.2 Å². The molecule has 2 fully saturated rings. The molecular formula is C27H31Cl2FN4O3. The zero-order valence-corrected chi connectivity index (χ0v) is 22.6. The summed E-state index contributed by atoms with van der Waals surface area (Å²) in [5.74, 6) is 0.863. The first-order valence-corrected chi connectivity index (χ1v) is 13.3. The van der Waals surface area contributed by atoms with Crippen LogP contribution in [0, 0.1) is 5.82 Å². The Morgan fingerprint density at radius 1 is 1.14 bits per heavy atom. The molecule has 0 amide bonds. The Bertz CT molecular complexity index is 1290. The third-order valence-corrected chi connectivity index (χ3v) is 8.09. The number of rotatable bonds is 8. The van der Waals surface area contributed by atoms with E-state index in [1.807, 2.05) is 6.07 Å². The predicted octanol–water partition coefficient (Wildman–Crippen LogP) is 6.36. The van der Waals surface area contributed by atoms with Crippen molar-refractivity contribution in [3.05, 3.63) is 46.5 Å². The minimum atomic E-state index is -0.853. The molecular weight excluding hydrogens is 518 g/mol. The summed E-state index contributed by atoms with van der Waals surface area (Å²) < 4.78 is 27.4. The van der Waals surface area contributed by atoms with Gasteiger partial charge in [-0.05, 0) is 64.8 Å². The number of anilines is 2. The third-order valence-electron chi connectivity index (χ3n) is 7.31. The van der Waals surface area contributed by atoms with Gasteiger partial charge in [0.05, 0.1) is 33.5 Å². The van der Waals surface area contributed by atoms with E-state index in [4.69, 9.17) is 32.7 Å². The summed E-state index contributed by atoms with van der Waals surface area (Å²) in [4.78, 5) is 11.2. The lowest BCUT2D eigenvalue weighted by Gasteiger charge is -2.36. The monoisotopic (exact) mass is 548 g/mol. The molecule has 0 radical (unpaired) electrons. The van der Waals surface area contributed by atoms with Gasteiger partial charge >= 0.3 is 0 Å². The SMILES string of the molecule is CN1C2CCC1CC(Oc1cc3c(Nc4ccc(Cl)c(Cl)c4F)ncnc3cc1OCCC(C)(C)O)C2. The van der Waals surface area contributed by atoms with Crippen LogP contribution in [0.1, 0.15) is 46.0 Å². The molecule has 10 heteroatoms. The van der Waals surface area contributed by atoms with Gasteiger partial charge in [0, 0.05) is 30.0 Å². The van der Waals surface area contributed by atoms with Crippen molar-refractivity contribution in [3.8, 4) is 11.5 Å². The van der Waals surface area contributed by atoms with Crippen molar-refractivity contribution >= 4 is 45.6 Å². The Morgan fingerprint density at radius 2 is 1.86 bits per heavy atom. The van der Waals surface area contributed by atoms with Crippen molar-refractivity contribution < 1.29 is 19.0 Å². The molecule has 3 heterocycles. The molecule has 3 aromatic rings. The second-order valence-electron chi connectivity index (χ2n) is 10.6.